The molecule has 2 amide bonds. The number of anilines is 1. The number of hydrogen-bond acceptors (Lipinski definition) is 3. The van der Waals surface area contributed by atoms with Gasteiger partial charge in [-0.3, -0.25) is 9.59 Å². The molecule has 1 aliphatic heterocycles. The molecule has 2 unspecified atom stereocenters. The Morgan fingerprint density at radius 2 is 1.84 bits per heavy atom. The number of carbonyl (C=O) groups is 2. The van der Waals surface area contributed by atoms with E-state index in [2.05, 4.69) is 5.32 Å². The predicted octanol–water partition coefficient (Wildman–Crippen LogP) is 2.72. The maximum atomic E-state index is 12.9. The molecular formula is C20H22N2O3. The van der Waals surface area contributed by atoms with Crippen LogP contribution in [0.1, 0.15) is 24.8 Å². The molecule has 2 aromatic carbocycles. The fourth-order valence-electron chi connectivity index (χ4n) is 3.04. The van der Waals surface area contributed by atoms with Crippen molar-refractivity contribution >= 4 is 17.5 Å². The summed E-state index contributed by atoms with van der Waals surface area (Å²) in [6.07, 6.45) is -0.324. The smallest absolute Gasteiger partial charge is 0.262 e. The van der Waals surface area contributed by atoms with Crippen molar-refractivity contribution in [3.63, 3.8) is 0 Å². The molecule has 130 valence electrons. The van der Waals surface area contributed by atoms with Gasteiger partial charge in [-0.15, -0.1) is 0 Å². The molecule has 5 heteroatoms. The minimum atomic E-state index is -0.698. The van der Waals surface area contributed by atoms with Gasteiger partial charge in [-0.05, 0) is 23.6 Å². The van der Waals surface area contributed by atoms with Gasteiger partial charge in [0.05, 0.1) is 12.2 Å². The normalized spacial score (nSPS) is 17.2. The summed E-state index contributed by atoms with van der Waals surface area (Å²) in [6.45, 7) is 2.26. The molecular weight excluding hydrogens is 316 g/mol. The van der Waals surface area contributed by atoms with Crippen molar-refractivity contribution in [3.05, 3.63) is 60.2 Å². The van der Waals surface area contributed by atoms with Gasteiger partial charge in [0, 0.05) is 13.5 Å². The van der Waals surface area contributed by atoms with Gasteiger partial charge in [0.1, 0.15) is 5.75 Å². The molecule has 0 fully saturated rings. The minimum absolute atomic E-state index is 0.0130. The number of nitrogens with zero attached hydrogens (tertiary/aromatic N) is 1. The lowest BCUT2D eigenvalue weighted by molar-refractivity contribution is -0.128. The molecule has 1 N–H and O–H groups in total. The highest BCUT2D eigenvalue weighted by atomic mass is 16.5. The molecule has 1 aliphatic rings. The largest absolute Gasteiger partial charge is 0.477 e. The number of amides is 2. The van der Waals surface area contributed by atoms with Crippen LogP contribution in [0.2, 0.25) is 0 Å². The molecule has 3 rings (SSSR count). The van der Waals surface area contributed by atoms with Crippen molar-refractivity contribution in [2.24, 2.45) is 0 Å². The zero-order valence-electron chi connectivity index (χ0n) is 14.4. The van der Waals surface area contributed by atoms with E-state index in [0.717, 1.165) is 5.56 Å². The van der Waals surface area contributed by atoms with Crippen molar-refractivity contribution in [2.45, 2.75) is 25.4 Å². The van der Waals surface area contributed by atoms with Crippen LogP contribution in [-0.2, 0) is 9.59 Å². The molecule has 0 aromatic heterocycles. The maximum absolute atomic E-state index is 12.9. The van der Waals surface area contributed by atoms with E-state index in [1.807, 2.05) is 55.5 Å². The summed E-state index contributed by atoms with van der Waals surface area (Å²) in [5.74, 6) is 0.412. The van der Waals surface area contributed by atoms with Gasteiger partial charge in [-0.1, -0.05) is 49.4 Å². The monoisotopic (exact) mass is 338 g/mol. The number of rotatable bonds is 4. The Labute approximate surface area is 147 Å². The second kappa shape index (κ2) is 7.38. The first-order valence-electron chi connectivity index (χ1n) is 8.42. The molecule has 0 radical (unpaired) electrons. The lowest BCUT2D eigenvalue weighted by Gasteiger charge is -2.34. The van der Waals surface area contributed by atoms with E-state index in [9.17, 15) is 9.59 Å². The average Bonchev–Trinajstić information content (AvgIpc) is 2.67. The Morgan fingerprint density at radius 3 is 2.56 bits per heavy atom. The molecule has 2 aromatic rings. The van der Waals surface area contributed by atoms with Crippen molar-refractivity contribution in [1.29, 1.82) is 0 Å². The van der Waals surface area contributed by atoms with Crippen LogP contribution in [-0.4, -0.2) is 31.5 Å². The van der Waals surface area contributed by atoms with E-state index in [1.165, 1.54) is 0 Å². The summed E-state index contributed by atoms with van der Waals surface area (Å²) in [6, 6.07) is 17.3. The van der Waals surface area contributed by atoms with Crippen molar-refractivity contribution in [2.75, 3.05) is 18.5 Å². The lowest BCUT2D eigenvalue weighted by Crippen LogP contribution is -2.50. The van der Waals surface area contributed by atoms with E-state index >= 15 is 0 Å². The summed E-state index contributed by atoms with van der Waals surface area (Å²) >= 11 is 0. The van der Waals surface area contributed by atoms with Crippen LogP contribution >= 0.6 is 0 Å². The molecule has 0 saturated carbocycles. The Kier molecular flexibility index (Phi) is 5.03. The summed E-state index contributed by atoms with van der Waals surface area (Å²) < 4.78 is 5.75. The fourth-order valence-corrected chi connectivity index (χ4v) is 3.04. The van der Waals surface area contributed by atoms with Gasteiger partial charge in [-0.2, -0.15) is 0 Å². The number of fused-ring (bicyclic) bond motifs is 1. The fraction of sp³-hybridized carbons (Fsp3) is 0.300. The highest BCUT2D eigenvalue weighted by molar-refractivity contribution is 5.97. The topological polar surface area (TPSA) is 58.6 Å². The third kappa shape index (κ3) is 3.65. The number of hydrogen-bond donors (Lipinski definition) is 1. The molecule has 1 heterocycles. The summed E-state index contributed by atoms with van der Waals surface area (Å²) in [5, 5.41) is 2.59. The quantitative estimate of drug-likeness (QED) is 0.932. The summed E-state index contributed by atoms with van der Waals surface area (Å²) in [7, 11) is 1.57. The number of likely N-dealkylation sites (N-methyl/N-ethyl adjacent to an activating group) is 1. The third-order valence-electron chi connectivity index (χ3n) is 4.46. The first-order valence-corrected chi connectivity index (χ1v) is 8.42. The van der Waals surface area contributed by atoms with E-state index in [4.69, 9.17) is 4.74 Å². The highest BCUT2D eigenvalue weighted by Crippen LogP contribution is 2.34. The Bertz CT molecular complexity index is 761. The van der Waals surface area contributed by atoms with Gasteiger partial charge >= 0.3 is 0 Å². The molecule has 2 atom stereocenters. The lowest BCUT2D eigenvalue weighted by atomic mass is 9.97. The maximum Gasteiger partial charge on any atom is 0.262 e. The Morgan fingerprint density at radius 1 is 1.16 bits per heavy atom. The van der Waals surface area contributed by atoms with Crippen molar-refractivity contribution in [3.8, 4) is 5.75 Å². The van der Waals surface area contributed by atoms with Crippen molar-refractivity contribution in [1.82, 2.24) is 5.32 Å². The second-order valence-corrected chi connectivity index (χ2v) is 6.21. The first kappa shape index (κ1) is 17.0. The zero-order valence-corrected chi connectivity index (χ0v) is 14.4. The zero-order chi connectivity index (χ0) is 17.8. The van der Waals surface area contributed by atoms with Crippen LogP contribution < -0.4 is 15.0 Å². The van der Waals surface area contributed by atoms with E-state index < -0.39 is 6.10 Å². The van der Waals surface area contributed by atoms with Crippen LogP contribution in [0.5, 0.6) is 5.75 Å². The van der Waals surface area contributed by atoms with Gasteiger partial charge in [-0.25, -0.2) is 0 Å². The van der Waals surface area contributed by atoms with Crippen LogP contribution in [0, 0.1) is 0 Å². The molecule has 0 aliphatic carbocycles. The van der Waals surface area contributed by atoms with Crippen molar-refractivity contribution < 1.29 is 14.3 Å². The standard InChI is InChI=1S/C20H22N2O3/c1-14(15-8-4-3-5-9-15)12-19(23)22-13-18(20(24)21-2)25-17-11-7-6-10-16(17)22/h3-11,14,18H,12-13H2,1-2H3,(H,21,24). The van der Waals surface area contributed by atoms with Gasteiger partial charge < -0.3 is 15.0 Å². The Balaban J connectivity index is 1.81. The molecule has 0 saturated heterocycles. The molecule has 5 nitrogen and oxygen atoms in total. The number of benzene rings is 2. The minimum Gasteiger partial charge on any atom is -0.477 e. The van der Waals surface area contributed by atoms with Crippen LogP contribution in [0.25, 0.3) is 0 Å². The number of para-hydroxylation sites is 2. The number of carbonyl (C=O) groups excluding carboxylic acids is 2. The van der Waals surface area contributed by atoms with E-state index in [1.54, 1.807) is 18.0 Å². The van der Waals surface area contributed by atoms with Crippen LogP contribution in [0.4, 0.5) is 5.69 Å². The van der Waals surface area contributed by atoms with E-state index in [0.29, 0.717) is 17.9 Å². The second-order valence-electron chi connectivity index (χ2n) is 6.21. The van der Waals surface area contributed by atoms with Gasteiger partial charge in [0.25, 0.3) is 5.91 Å². The van der Waals surface area contributed by atoms with Gasteiger partial charge in [0.2, 0.25) is 5.91 Å². The number of ether oxygens (including phenoxy) is 1. The summed E-state index contributed by atoms with van der Waals surface area (Å²) in [4.78, 5) is 26.6. The molecule has 0 bridgehead atoms. The predicted molar refractivity (Wildman–Crippen MR) is 96.8 cm³/mol. The molecule has 0 spiro atoms. The Hall–Kier alpha value is -2.82. The SMILES string of the molecule is CNC(=O)C1CN(C(=O)CC(C)c2ccccc2)c2ccccc2O1. The summed E-state index contributed by atoms with van der Waals surface area (Å²) in [5.41, 5.74) is 1.84. The number of nitrogens with one attached hydrogen (secondary N) is 1. The third-order valence-corrected chi connectivity index (χ3v) is 4.46. The van der Waals surface area contributed by atoms with Crippen LogP contribution in [0.3, 0.4) is 0 Å². The molecule has 25 heavy (non-hydrogen) atoms. The average molecular weight is 338 g/mol. The van der Waals surface area contributed by atoms with Gasteiger partial charge in [0.15, 0.2) is 6.10 Å². The highest BCUT2D eigenvalue weighted by Gasteiger charge is 2.33. The first-order chi connectivity index (χ1) is 12.1. The van der Waals surface area contributed by atoms with Crippen LogP contribution in [0.15, 0.2) is 54.6 Å². The van der Waals surface area contributed by atoms with E-state index in [-0.39, 0.29) is 24.3 Å².